The first-order valence-corrected chi connectivity index (χ1v) is 2.33. The summed E-state index contributed by atoms with van der Waals surface area (Å²) < 4.78 is 0. The Kier molecular flexibility index (Phi) is 5.85. The standard InChI is InChI=1S/C5H12.H4N2/c1-5(2,3)4;1-2/h1-4H3;1-2H2. The van der Waals surface area contributed by atoms with Crippen molar-refractivity contribution in [1.82, 2.24) is 0 Å². The molecule has 0 aliphatic carbocycles. The molecule has 0 aromatic carbocycles. The third-order valence-corrected chi connectivity index (χ3v) is 0. The summed E-state index contributed by atoms with van der Waals surface area (Å²) >= 11 is 0. The molecule has 0 bridgehead atoms. The van der Waals surface area contributed by atoms with Gasteiger partial charge in [0.2, 0.25) is 0 Å². The predicted molar refractivity (Wildman–Crippen MR) is 33.5 cm³/mol. The van der Waals surface area contributed by atoms with Crippen LogP contribution in [0.3, 0.4) is 0 Å². The molecule has 0 amide bonds. The number of hydrazine groups is 1. The fraction of sp³-hybridized carbons (Fsp3) is 1.00. The molecule has 2 heteroatoms. The molecule has 46 valence electrons. The van der Waals surface area contributed by atoms with Crippen LogP contribution in [0.15, 0.2) is 0 Å². The van der Waals surface area contributed by atoms with Crippen molar-refractivity contribution < 1.29 is 0 Å². The van der Waals surface area contributed by atoms with Crippen LogP contribution in [-0.2, 0) is 0 Å². The molecule has 4 N–H and O–H groups in total. The van der Waals surface area contributed by atoms with E-state index in [4.69, 9.17) is 0 Å². The Hall–Kier alpha value is -0.0800. The van der Waals surface area contributed by atoms with Gasteiger partial charge in [-0.1, -0.05) is 27.7 Å². The normalized spacial score (nSPS) is 9.43. The molecule has 7 heavy (non-hydrogen) atoms. The number of rotatable bonds is 0. The molecular weight excluding hydrogens is 88.1 g/mol. The van der Waals surface area contributed by atoms with E-state index in [2.05, 4.69) is 39.4 Å². The Morgan fingerprint density at radius 3 is 0.857 bits per heavy atom. The van der Waals surface area contributed by atoms with Gasteiger partial charge in [-0.25, -0.2) is 0 Å². The molecule has 0 saturated carbocycles. The van der Waals surface area contributed by atoms with Gasteiger partial charge >= 0.3 is 0 Å². The average molecular weight is 104 g/mol. The summed E-state index contributed by atoms with van der Waals surface area (Å²) in [5, 5.41) is 0. The van der Waals surface area contributed by atoms with Crippen molar-refractivity contribution >= 4 is 0 Å². The molecule has 0 aromatic rings. The maximum absolute atomic E-state index is 4.00. The van der Waals surface area contributed by atoms with Crippen LogP contribution in [-0.4, -0.2) is 0 Å². The van der Waals surface area contributed by atoms with Crippen LogP contribution in [0, 0.1) is 5.41 Å². The molecule has 0 fully saturated rings. The van der Waals surface area contributed by atoms with Crippen LogP contribution in [0.4, 0.5) is 0 Å². The quantitative estimate of drug-likeness (QED) is 0.354. The van der Waals surface area contributed by atoms with Gasteiger partial charge in [-0.2, -0.15) is 0 Å². The molecule has 0 atom stereocenters. The van der Waals surface area contributed by atoms with Crippen molar-refractivity contribution in [1.29, 1.82) is 0 Å². The topological polar surface area (TPSA) is 52.0 Å². The van der Waals surface area contributed by atoms with Crippen LogP contribution in [0.1, 0.15) is 27.7 Å². The van der Waals surface area contributed by atoms with Crippen molar-refractivity contribution in [3.8, 4) is 0 Å². The lowest BCUT2D eigenvalue weighted by Crippen LogP contribution is -2.02. The van der Waals surface area contributed by atoms with Crippen molar-refractivity contribution in [3.05, 3.63) is 0 Å². The Morgan fingerprint density at radius 1 is 0.857 bits per heavy atom. The van der Waals surface area contributed by atoms with E-state index in [1.54, 1.807) is 0 Å². The highest BCUT2D eigenvalue weighted by Crippen LogP contribution is 2.07. The molecule has 0 unspecified atom stereocenters. The minimum absolute atomic E-state index is 0.500. The van der Waals surface area contributed by atoms with Gasteiger partial charge in [0, 0.05) is 0 Å². The second-order valence-electron chi connectivity index (χ2n) is 3.00. The van der Waals surface area contributed by atoms with E-state index in [-0.39, 0.29) is 0 Å². The summed E-state index contributed by atoms with van der Waals surface area (Å²) in [4.78, 5) is 0. The Morgan fingerprint density at radius 2 is 0.857 bits per heavy atom. The minimum Gasteiger partial charge on any atom is -0.274 e. The van der Waals surface area contributed by atoms with Gasteiger partial charge < -0.3 is 0 Å². The highest BCUT2D eigenvalue weighted by atomic mass is 15.0. The third-order valence-electron chi connectivity index (χ3n) is 0. The lowest BCUT2D eigenvalue weighted by Gasteiger charge is -2.05. The number of nitrogens with two attached hydrogens (primary N) is 2. The minimum atomic E-state index is 0.500. The highest BCUT2D eigenvalue weighted by Gasteiger charge is 1.95. The van der Waals surface area contributed by atoms with Crippen molar-refractivity contribution in [3.63, 3.8) is 0 Å². The van der Waals surface area contributed by atoms with E-state index in [1.807, 2.05) is 0 Å². The molecule has 2 nitrogen and oxygen atoms in total. The van der Waals surface area contributed by atoms with E-state index < -0.39 is 0 Å². The molecule has 0 aliphatic heterocycles. The van der Waals surface area contributed by atoms with Gasteiger partial charge in [-0.05, 0) is 5.41 Å². The van der Waals surface area contributed by atoms with E-state index in [0.717, 1.165) is 0 Å². The molecule has 0 rings (SSSR count). The summed E-state index contributed by atoms with van der Waals surface area (Å²) in [7, 11) is 0. The Bertz CT molecular complexity index is 21.6. The van der Waals surface area contributed by atoms with Crippen LogP contribution in [0.25, 0.3) is 0 Å². The van der Waals surface area contributed by atoms with E-state index in [1.165, 1.54) is 0 Å². The Labute approximate surface area is 45.9 Å². The largest absolute Gasteiger partial charge is 0.274 e. The monoisotopic (exact) mass is 104 g/mol. The molecular formula is C5H16N2. The number of hydrogen-bond acceptors (Lipinski definition) is 2. The molecule has 0 heterocycles. The zero-order valence-corrected chi connectivity index (χ0v) is 5.65. The maximum atomic E-state index is 4.00. The van der Waals surface area contributed by atoms with E-state index in [9.17, 15) is 0 Å². The predicted octanol–water partition coefficient (Wildman–Crippen LogP) is 0.871. The fourth-order valence-corrected chi connectivity index (χ4v) is 0. The lowest BCUT2D eigenvalue weighted by molar-refractivity contribution is 0.469. The Balaban J connectivity index is 0. The summed E-state index contributed by atoms with van der Waals surface area (Å²) in [6.07, 6.45) is 0. The van der Waals surface area contributed by atoms with Crippen LogP contribution >= 0.6 is 0 Å². The molecule has 0 aliphatic rings. The van der Waals surface area contributed by atoms with Gasteiger partial charge in [0.1, 0.15) is 0 Å². The smallest absolute Gasteiger partial charge is 0.0411 e. The zero-order valence-electron chi connectivity index (χ0n) is 5.65. The second-order valence-corrected chi connectivity index (χ2v) is 3.00. The second kappa shape index (κ2) is 4.09. The maximum Gasteiger partial charge on any atom is -0.0411 e. The first kappa shape index (κ1) is 10.0. The van der Waals surface area contributed by atoms with Gasteiger partial charge in [0.25, 0.3) is 0 Å². The van der Waals surface area contributed by atoms with Crippen LogP contribution < -0.4 is 11.7 Å². The number of hydrogen-bond donors (Lipinski definition) is 2. The van der Waals surface area contributed by atoms with E-state index >= 15 is 0 Å². The first-order chi connectivity index (χ1) is 3.00. The lowest BCUT2D eigenvalue weighted by atomic mass is 10.0. The first-order valence-electron chi connectivity index (χ1n) is 2.33. The molecule has 0 aromatic heterocycles. The summed E-state index contributed by atoms with van der Waals surface area (Å²) in [6.45, 7) is 8.75. The van der Waals surface area contributed by atoms with Gasteiger partial charge in [0.15, 0.2) is 0 Å². The summed E-state index contributed by atoms with van der Waals surface area (Å²) in [5.41, 5.74) is 0.500. The van der Waals surface area contributed by atoms with Crippen LogP contribution in [0.2, 0.25) is 0 Å². The SMILES string of the molecule is CC(C)(C)C.NN. The third kappa shape index (κ3) is 14200. The van der Waals surface area contributed by atoms with Crippen molar-refractivity contribution in [2.24, 2.45) is 17.1 Å². The van der Waals surface area contributed by atoms with E-state index in [0.29, 0.717) is 5.41 Å². The summed E-state index contributed by atoms with van der Waals surface area (Å²) in [5.74, 6) is 8.00. The van der Waals surface area contributed by atoms with Crippen molar-refractivity contribution in [2.75, 3.05) is 0 Å². The van der Waals surface area contributed by atoms with Crippen LogP contribution in [0.5, 0.6) is 0 Å². The van der Waals surface area contributed by atoms with Gasteiger partial charge in [0.05, 0.1) is 0 Å². The average Bonchev–Trinajstić information content (AvgIpc) is 1.36. The van der Waals surface area contributed by atoms with Gasteiger partial charge in [-0.15, -0.1) is 0 Å². The van der Waals surface area contributed by atoms with Gasteiger partial charge in [-0.3, -0.25) is 11.7 Å². The van der Waals surface area contributed by atoms with Crippen molar-refractivity contribution in [2.45, 2.75) is 27.7 Å². The summed E-state index contributed by atoms with van der Waals surface area (Å²) in [6, 6.07) is 0. The molecule has 0 saturated heterocycles. The fourth-order valence-electron chi connectivity index (χ4n) is 0. The molecule has 0 radical (unpaired) electrons. The zero-order chi connectivity index (χ0) is 6.50. The highest BCUT2D eigenvalue weighted by molar-refractivity contribution is 4.47. The molecule has 0 spiro atoms.